The number of fused-ring (bicyclic) bond motifs is 6. The fourth-order valence-corrected chi connectivity index (χ4v) is 7.13. The maximum atomic E-state index is 14.7. The average molecular weight is 757 g/mol. The van der Waals surface area contributed by atoms with Crippen LogP contribution in [0.25, 0.3) is 66.1 Å². The zero-order valence-corrected chi connectivity index (χ0v) is 27.0. The molecule has 0 unspecified atom stereocenters. The van der Waals surface area contributed by atoms with Crippen molar-refractivity contribution in [2.24, 2.45) is 0 Å². The van der Waals surface area contributed by atoms with Crippen molar-refractivity contribution in [1.82, 2.24) is 9.13 Å². The summed E-state index contributed by atoms with van der Waals surface area (Å²) in [7, 11) is 0. The molecule has 0 atom stereocenters. The average Bonchev–Trinajstić information content (AvgIpc) is 3.62. The van der Waals surface area contributed by atoms with Gasteiger partial charge in [-0.15, -0.1) is 0 Å². The first-order valence-corrected chi connectivity index (χ1v) is 16.0. The topological polar surface area (TPSA) is 9.86 Å². The zero-order chi connectivity index (χ0) is 38.5. The van der Waals surface area contributed by atoms with E-state index in [1.165, 1.54) is 33.4 Å². The predicted molar refractivity (Wildman–Crippen MR) is 181 cm³/mol. The molecule has 0 amide bonds. The molecule has 54 heavy (non-hydrogen) atoms. The number of alkyl halides is 12. The minimum Gasteiger partial charge on any atom is -0.309 e. The van der Waals surface area contributed by atoms with Crippen LogP contribution in [0, 0.1) is 0 Å². The van der Waals surface area contributed by atoms with Crippen molar-refractivity contribution in [3.05, 3.63) is 144 Å². The van der Waals surface area contributed by atoms with Gasteiger partial charge in [-0.05, 0) is 83.9 Å². The summed E-state index contributed by atoms with van der Waals surface area (Å²) in [6.45, 7) is 0. The number of aromatic nitrogens is 2. The summed E-state index contributed by atoms with van der Waals surface area (Å²) in [5.74, 6) is 0. The Morgan fingerprint density at radius 1 is 0.315 bits per heavy atom. The van der Waals surface area contributed by atoms with E-state index in [1.807, 2.05) is 0 Å². The zero-order valence-electron chi connectivity index (χ0n) is 27.0. The number of para-hydroxylation sites is 2. The Labute approximate surface area is 296 Å². The summed E-state index contributed by atoms with van der Waals surface area (Å²) in [6.07, 6.45) is -20.0. The second-order valence-electron chi connectivity index (χ2n) is 12.6. The highest BCUT2D eigenvalue weighted by Crippen LogP contribution is 2.46. The van der Waals surface area contributed by atoms with E-state index in [4.69, 9.17) is 0 Å². The summed E-state index contributed by atoms with van der Waals surface area (Å²) in [5, 5.41) is 1.49. The van der Waals surface area contributed by atoms with Crippen molar-refractivity contribution < 1.29 is 52.7 Å². The summed E-state index contributed by atoms with van der Waals surface area (Å²) in [6, 6.07) is 23.0. The van der Waals surface area contributed by atoms with Gasteiger partial charge in [0, 0.05) is 32.9 Å². The molecule has 2 aromatic heterocycles. The van der Waals surface area contributed by atoms with Crippen LogP contribution in [0.15, 0.2) is 121 Å². The lowest BCUT2D eigenvalue weighted by Gasteiger charge is -2.21. The molecule has 0 aliphatic carbocycles. The first-order valence-electron chi connectivity index (χ1n) is 16.0. The molecule has 0 aliphatic heterocycles. The molecule has 0 saturated heterocycles. The van der Waals surface area contributed by atoms with E-state index in [0.717, 1.165) is 48.5 Å². The molecule has 274 valence electrons. The standard InChI is InChI=1S/C40H20F12N2/c41-37(42,43)21-9-13-27-25-5-1-3-7-33(25)53(35(27)17-21)23-11-15-31(39(47,48)49)29(19-23)30-20-24(12-16-32(30)40(50,51)52)54-34-8-4-2-6-26(34)28-14-10-22(18-36(28)54)38(44,45)46/h1-20H. The van der Waals surface area contributed by atoms with Gasteiger partial charge in [-0.3, -0.25) is 0 Å². The van der Waals surface area contributed by atoms with Crippen molar-refractivity contribution in [3.63, 3.8) is 0 Å². The van der Waals surface area contributed by atoms with Crippen LogP contribution in [0.4, 0.5) is 52.7 Å². The normalized spacial score (nSPS) is 13.2. The Morgan fingerprint density at radius 2 is 0.667 bits per heavy atom. The molecule has 8 rings (SSSR count). The maximum Gasteiger partial charge on any atom is 0.417 e. The minimum absolute atomic E-state index is 0.0627. The smallest absolute Gasteiger partial charge is 0.309 e. The largest absolute Gasteiger partial charge is 0.417 e. The fraction of sp³-hybridized carbons (Fsp3) is 0.100. The van der Waals surface area contributed by atoms with Crippen molar-refractivity contribution in [2.45, 2.75) is 24.7 Å². The van der Waals surface area contributed by atoms with Gasteiger partial charge in [-0.2, -0.15) is 52.7 Å². The molecule has 0 bridgehead atoms. The number of rotatable bonds is 3. The van der Waals surface area contributed by atoms with Crippen LogP contribution in [0.3, 0.4) is 0 Å². The highest BCUT2D eigenvalue weighted by molar-refractivity contribution is 6.10. The van der Waals surface area contributed by atoms with Crippen LogP contribution < -0.4 is 0 Å². The molecule has 2 heterocycles. The first-order chi connectivity index (χ1) is 25.3. The van der Waals surface area contributed by atoms with Crippen LogP contribution in [-0.2, 0) is 24.7 Å². The molecule has 2 nitrogen and oxygen atoms in total. The second-order valence-corrected chi connectivity index (χ2v) is 12.6. The Kier molecular flexibility index (Phi) is 7.67. The van der Waals surface area contributed by atoms with E-state index in [-0.39, 0.29) is 33.4 Å². The van der Waals surface area contributed by atoms with Crippen LogP contribution in [0.1, 0.15) is 22.3 Å². The summed E-state index contributed by atoms with van der Waals surface area (Å²) >= 11 is 0. The fourth-order valence-electron chi connectivity index (χ4n) is 7.13. The van der Waals surface area contributed by atoms with Gasteiger partial charge in [0.1, 0.15) is 0 Å². The molecular weight excluding hydrogens is 736 g/mol. The molecule has 0 saturated carbocycles. The third-order valence-electron chi connectivity index (χ3n) is 9.43. The highest BCUT2D eigenvalue weighted by Gasteiger charge is 2.39. The van der Waals surface area contributed by atoms with Crippen molar-refractivity contribution >= 4 is 43.6 Å². The second kappa shape index (κ2) is 11.8. The van der Waals surface area contributed by atoms with E-state index >= 15 is 0 Å². The van der Waals surface area contributed by atoms with E-state index in [9.17, 15) is 52.7 Å². The lowest BCUT2D eigenvalue weighted by atomic mass is 9.93. The Hall–Kier alpha value is -5.92. The first kappa shape index (κ1) is 35.1. The van der Waals surface area contributed by atoms with E-state index in [1.54, 1.807) is 36.4 Å². The number of nitrogens with zero attached hydrogens (tertiary/aromatic N) is 2. The Balaban J connectivity index is 1.45. The van der Waals surface area contributed by atoms with Crippen LogP contribution in [-0.4, -0.2) is 9.13 Å². The van der Waals surface area contributed by atoms with Gasteiger partial charge in [-0.1, -0.05) is 48.5 Å². The van der Waals surface area contributed by atoms with Crippen molar-refractivity contribution in [1.29, 1.82) is 0 Å². The van der Waals surface area contributed by atoms with E-state index in [0.29, 0.717) is 33.7 Å². The Morgan fingerprint density at radius 3 is 1.02 bits per heavy atom. The molecule has 0 aliphatic rings. The maximum absolute atomic E-state index is 14.7. The SMILES string of the molecule is FC(F)(F)c1ccc2c3ccccc3n(-c3ccc(C(F)(F)F)c(-c4cc(-n5c6ccccc6c6ccc(C(F)(F)F)cc65)ccc4C(F)(F)F)c3)c2c1. The molecule has 8 aromatic rings. The number of hydrogen-bond acceptors (Lipinski definition) is 0. The number of benzene rings is 6. The third kappa shape index (κ3) is 5.71. The molecule has 6 aromatic carbocycles. The van der Waals surface area contributed by atoms with Gasteiger partial charge >= 0.3 is 24.7 Å². The van der Waals surface area contributed by atoms with E-state index in [2.05, 4.69) is 0 Å². The minimum atomic E-state index is -5.22. The van der Waals surface area contributed by atoms with Crippen LogP contribution >= 0.6 is 0 Å². The quantitative estimate of drug-likeness (QED) is 0.159. The molecular formula is C40H20F12N2. The molecule has 0 fully saturated rings. The molecule has 0 radical (unpaired) electrons. The van der Waals surface area contributed by atoms with Crippen molar-refractivity contribution in [2.75, 3.05) is 0 Å². The van der Waals surface area contributed by atoms with Crippen molar-refractivity contribution in [3.8, 4) is 22.5 Å². The van der Waals surface area contributed by atoms with Gasteiger partial charge in [-0.25, -0.2) is 0 Å². The van der Waals surface area contributed by atoms with Gasteiger partial charge in [0.25, 0.3) is 0 Å². The van der Waals surface area contributed by atoms with Gasteiger partial charge in [0.05, 0.1) is 44.3 Å². The summed E-state index contributed by atoms with van der Waals surface area (Å²) < 4.78 is 174. The monoisotopic (exact) mass is 756 g/mol. The lowest BCUT2D eigenvalue weighted by Crippen LogP contribution is -2.13. The van der Waals surface area contributed by atoms with Crippen LogP contribution in [0.2, 0.25) is 0 Å². The predicted octanol–water partition coefficient (Wildman–Crippen LogP) is 13.6. The molecule has 0 spiro atoms. The van der Waals surface area contributed by atoms with Crippen LogP contribution in [0.5, 0.6) is 0 Å². The Bertz CT molecular complexity index is 2590. The highest BCUT2D eigenvalue weighted by atomic mass is 19.4. The number of halogens is 12. The molecule has 0 N–H and O–H groups in total. The van der Waals surface area contributed by atoms with Gasteiger partial charge in [0.15, 0.2) is 0 Å². The van der Waals surface area contributed by atoms with Gasteiger partial charge < -0.3 is 9.13 Å². The van der Waals surface area contributed by atoms with Gasteiger partial charge in [0.2, 0.25) is 0 Å². The van der Waals surface area contributed by atoms with E-state index < -0.39 is 58.1 Å². The summed E-state index contributed by atoms with van der Waals surface area (Å²) in [5.41, 5.74) is -6.91. The lowest BCUT2D eigenvalue weighted by molar-refractivity contribution is -0.139. The third-order valence-corrected chi connectivity index (χ3v) is 9.43. The molecule has 14 heteroatoms. The summed E-state index contributed by atoms with van der Waals surface area (Å²) in [4.78, 5) is 0. The number of hydrogen-bond donors (Lipinski definition) is 0.